The molecule has 2 aromatic heterocycles. The van der Waals surface area contributed by atoms with E-state index in [4.69, 9.17) is 14.6 Å². The number of rotatable bonds is 4. The second-order valence-electron chi connectivity index (χ2n) is 4.87. The van der Waals surface area contributed by atoms with Crippen molar-refractivity contribution in [2.75, 3.05) is 0 Å². The summed E-state index contributed by atoms with van der Waals surface area (Å²) >= 11 is 3.33. The molecular formula is C15H15BrN2O3. The van der Waals surface area contributed by atoms with E-state index >= 15 is 0 Å². The Morgan fingerprint density at radius 1 is 1.38 bits per heavy atom. The maximum Gasteiger partial charge on any atom is 0.419 e. The molecule has 6 heteroatoms. The molecule has 1 aromatic carbocycles. The van der Waals surface area contributed by atoms with E-state index in [1.54, 1.807) is 10.8 Å². The average Bonchev–Trinajstić information content (AvgIpc) is 3.02. The first-order valence-electron chi connectivity index (χ1n) is 6.73. The molecule has 0 aliphatic heterocycles. The maximum absolute atomic E-state index is 11.8. The highest BCUT2D eigenvalue weighted by atomic mass is 79.9. The van der Waals surface area contributed by atoms with Crippen molar-refractivity contribution in [1.82, 2.24) is 4.57 Å². The standard InChI is InChI=1S/C15H15BrN2O3/c1-2-6-18-11-4-3-9(8-12(11)21-15(18)19)13(17)10-5-7-20-14(10)16/h3-5,7-8,13H,2,6,17H2,1H3. The molecule has 0 fully saturated rings. The summed E-state index contributed by atoms with van der Waals surface area (Å²) in [6.45, 7) is 2.66. The third-order valence-corrected chi connectivity index (χ3v) is 4.12. The van der Waals surface area contributed by atoms with E-state index in [1.165, 1.54) is 0 Å². The van der Waals surface area contributed by atoms with Crippen LogP contribution in [0.15, 0.2) is 48.8 Å². The van der Waals surface area contributed by atoms with Crippen LogP contribution in [0, 0.1) is 0 Å². The number of benzene rings is 1. The summed E-state index contributed by atoms with van der Waals surface area (Å²) in [6.07, 6.45) is 2.45. The fourth-order valence-electron chi connectivity index (χ4n) is 2.42. The van der Waals surface area contributed by atoms with Gasteiger partial charge in [-0.3, -0.25) is 4.57 Å². The quantitative estimate of drug-likeness (QED) is 0.782. The van der Waals surface area contributed by atoms with Gasteiger partial charge < -0.3 is 14.6 Å². The molecule has 0 aliphatic rings. The normalized spacial score (nSPS) is 12.9. The van der Waals surface area contributed by atoms with E-state index in [9.17, 15) is 4.79 Å². The fourth-order valence-corrected chi connectivity index (χ4v) is 2.90. The van der Waals surface area contributed by atoms with E-state index in [-0.39, 0.29) is 11.8 Å². The lowest BCUT2D eigenvalue weighted by atomic mass is 10.0. The van der Waals surface area contributed by atoms with Crippen LogP contribution in [0.1, 0.15) is 30.5 Å². The van der Waals surface area contributed by atoms with Gasteiger partial charge >= 0.3 is 5.76 Å². The number of aromatic nitrogens is 1. The van der Waals surface area contributed by atoms with Crippen molar-refractivity contribution >= 4 is 27.0 Å². The molecule has 0 bridgehead atoms. The number of hydrogen-bond donors (Lipinski definition) is 1. The SMILES string of the molecule is CCCn1c(=O)oc2cc(C(N)c3ccoc3Br)ccc21. The summed E-state index contributed by atoms with van der Waals surface area (Å²) < 4.78 is 12.8. The average molecular weight is 351 g/mol. The van der Waals surface area contributed by atoms with Crippen molar-refractivity contribution in [3.63, 3.8) is 0 Å². The highest BCUT2D eigenvalue weighted by Crippen LogP contribution is 2.29. The van der Waals surface area contributed by atoms with Gasteiger partial charge in [0.05, 0.1) is 17.8 Å². The molecule has 110 valence electrons. The Bertz CT molecular complexity index is 831. The lowest BCUT2D eigenvalue weighted by Gasteiger charge is -2.10. The van der Waals surface area contributed by atoms with Gasteiger partial charge in [0, 0.05) is 12.1 Å². The topological polar surface area (TPSA) is 74.3 Å². The van der Waals surface area contributed by atoms with Crippen LogP contribution in [0.25, 0.3) is 11.1 Å². The summed E-state index contributed by atoms with van der Waals surface area (Å²) in [5.41, 5.74) is 9.31. The van der Waals surface area contributed by atoms with E-state index < -0.39 is 0 Å². The third kappa shape index (κ3) is 2.45. The van der Waals surface area contributed by atoms with Crippen molar-refractivity contribution in [3.05, 3.63) is 56.9 Å². The first kappa shape index (κ1) is 14.2. The van der Waals surface area contributed by atoms with Crippen molar-refractivity contribution in [3.8, 4) is 0 Å². The first-order valence-corrected chi connectivity index (χ1v) is 7.53. The molecule has 0 saturated heterocycles. The van der Waals surface area contributed by atoms with Crippen LogP contribution < -0.4 is 11.5 Å². The van der Waals surface area contributed by atoms with Crippen molar-refractivity contribution in [1.29, 1.82) is 0 Å². The van der Waals surface area contributed by atoms with Crippen molar-refractivity contribution in [2.45, 2.75) is 25.9 Å². The number of halogens is 1. The molecule has 1 unspecified atom stereocenters. The summed E-state index contributed by atoms with van der Waals surface area (Å²) in [5.74, 6) is -0.331. The summed E-state index contributed by atoms with van der Waals surface area (Å²) in [7, 11) is 0. The molecular weight excluding hydrogens is 336 g/mol. The Kier molecular flexibility index (Phi) is 3.73. The highest BCUT2D eigenvalue weighted by Gasteiger charge is 2.17. The zero-order valence-corrected chi connectivity index (χ0v) is 13.1. The minimum atomic E-state index is -0.345. The zero-order chi connectivity index (χ0) is 15.0. The van der Waals surface area contributed by atoms with Crippen LogP contribution in [-0.4, -0.2) is 4.57 Å². The smallest absolute Gasteiger partial charge is 0.419 e. The van der Waals surface area contributed by atoms with E-state index in [1.807, 2.05) is 31.2 Å². The number of nitrogens with two attached hydrogens (primary N) is 1. The summed E-state index contributed by atoms with van der Waals surface area (Å²) in [5, 5.41) is 0. The van der Waals surface area contributed by atoms with Gasteiger partial charge in [0.25, 0.3) is 0 Å². The van der Waals surface area contributed by atoms with Gasteiger partial charge in [-0.2, -0.15) is 0 Å². The second kappa shape index (κ2) is 5.54. The minimum Gasteiger partial charge on any atom is -0.457 e. The Balaban J connectivity index is 2.06. The number of nitrogens with zero attached hydrogens (tertiary/aromatic N) is 1. The Hall–Kier alpha value is -1.79. The fraction of sp³-hybridized carbons (Fsp3) is 0.267. The van der Waals surface area contributed by atoms with E-state index in [0.717, 1.165) is 23.1 Å². The predicted molar refractivity (Wildman–Crippen MR) is 83.2 cm³/mol. The van der Waals surface area contributed by atoms with Gasteiger partial charge in [-0.25, -0.2) is 4.79 Å². The van der Waals surface area contributed by atoms with Crippen LogP contribution in [0.3, 0.4) is 0 Å². The maximum atomic E-state index is 11.8. The van der Waals surface area contributed by atoms with Gasteiger partial charge in [0.15, 0.2) is 10.3 Å². The van der Waals surface area contributed by atoms with Crippen LogP contribution in [0.4, 0.5) is 0 Å². The van der Waals surface area contributed by atoms with Crippen LogP contribution >= 0.6 is 15.9 Å². The van der Waals surface area contributed by atoms with Gasteiger partial charge in [-0.15, -0.1) is 0 Å². The lowest BCUT2D eigenvalue weighted by Crippen LogP contribution is -2.13. The largest absolute Gasteiger partial charge is 0.457 e. The Morgan fingerprint density at radius 2 is 2.19 bits per heavy atom. The van der Waals surface area contributed by atoms with Gasteiger partial charge in [0.1, 0.15) is 0 Å². The molecule has 0 radical (unpaired) electrons. The molecule has 5 nitrogen and oxygen atoms in total. The molecule has 1 atom stereocenters. The van der Waals surface area contributed by atoms with Gasteiger partial charge in [-0.05, 0) is 46.1 Å². The number of aryl methyl sites for hydroxylation is 1. The predicted octanol–water partition coefficient (Wildman–Crippen LogP) is 3.41. The number of fused-ring (bicyclic) bond motifs is 1. The van der Waals surface area contributed by atoms with Crippen LogP contribution in [0.2, 0.25) is 0 Å². The molecule has 0 saturated carbocycles. The molecule has 0 spiro atoms. The summed E-state index contributed by atoms with van der Waals surface area (Å²) in [6, 6.07) is 7.07. The van der Waals surface area contributed by atoms with Gasteiger partial charge in [0.2, 0.25) is 0 Å². The van der Waals surface area contributed by atoms with Crippen LogP contribution in [0.5, 0.6) is 0 Å². The molecule has 0 amide bonds. The minimum absolute atomic E-state index is 0.331. The van der Waals surface area contributed by atoms with Crippen molar-refractivity contribution < 1.29 is 8.83 Å². The van der Waals surface area contributed by atoms with Crippen molar-refractivity contribution in [2.24, 2.45) is 5.73 Å². The number of hydrogen-bond acceptors (Lipinski definition) is 4. The zero-order valence-electron chi connectivity index (χ0n) is 11.5. The Morgan fingerprint density at radius 3 is 2.86 bits per heavy atom. The molecule has 2 N–H and O–H groups in total. The molecule has 0 aliphatic carbocycles. The lowest BCUT2D eigenvalue weighted by molar-refractivity contribution is 0.502. The third-order valence-electron chi connectivity index (χ3n) is 3.48. The first-order chi connectivity index (χ1) is 10.1. The monoisotopic (exact) mass is 350 g/mol. The van der Waals surface area contributed by atoms with E-state index in [0.29, 0.717) is 16.8 Å². The van der Waals surface area contributed by atoms with Gasteiger partial charge in [-0.1, -0.05) is 13.0 Å². The highest BCUT2D eigenvalue weighted by molar-refractivity contribution is 9.10. The number of oxazole rings is 1. The Labute approximate surface area is 129 Å². The molecule has 21 heavy (non-hydrogen) atoms. The van der Waals surface area contributed by atoms with Crippen LogP contribution in [-0.2, 0) is 6.54 Å². The molecule has 3 aromatic rings. The molecule has 3 rings (SSSR count). The molecule has 2 heterocycles. The summed E-state index contributed by atoms with van der Waals surface area (Å²) in [4.78, 5) is 11.8. The number of furan rings is 1. The second-order valence-corrected chi connectivity index (χ2v) is 5.59. The van der Waals surface area contributed by atoms with E-state index in [2.05, 4.69) is 15.9 Å².